The molecule has 4 heteroatoms. The number of hydrogen-bond donors (Lipinski definition) is 0. The highest BCUT2D eigenvalue weighted by atomic mass is 32.1. The summed E-state index contributed by atoms with van der Waals surface area (Å²) in [5.74, 6) is 0.0787. The number of carbonyl (C=O) groups excluding carboxylic acids is 1. The molecule has 1 aliphatic heterocycles. The quantitative estimate of drug-likeness (QED) is 0.771. The van der Waals surface area contributed by atoms with E-state index in [9.17, 15) is 4.79 Å². The molecule has 1 aliphatic rings. The predicted molar refractivity (Wildman–Crippen MR) is 67.0 cm³/mol. The topological polar surface area (TPSA) is 33.2 Å². The molecule has 2 aromatic heterocycles. The lowest BCUT2D eigenvalue weighted by molar-refractivity contribution is 0.0735. The third-order valence-corrected chi connectivity index (χ3v) is 4.03. The zero-order valence-corrected chi connectivity index (χ0v) is 10.1. The van der Waals surface area contributed by atoms with Gasteiger partial charge in [0.05, 0.1) is 5.56 Å². The summed E-state index contributed by atoms with van der Waals surface area (Å²) in [6.07, 6.45) is 4.29. The first-order chi connectivity index (χ1) is 8.34. The number of fused-ring (bicyclic) bond motifs is 1. The lowest BCUT2D eigenvalue weighted by atomic mass is 10.1. The molecule has 0 fully saturated rings. The molecular weight excluding hydrogens is 232 g/mol. The van der Waals surface area contributed by atoms with Gasteiger partial charge in [-0.1, -0.05) is 0 Å². The average Bonchev–Trinajstić information content (AvgIpc) is 2.86. The van der Waals surface area contributed by atoms with E-state index in [1.807, 2.05) is 11.0 Å². The fourth-order valence-electron chi connectivity index (χ4n) is 2.09. The minimum absolute atomic E-state index is 0.0787. The highest BCUT2D eigenvalue weighted by Gasteiger charge is 2.22. The van der Waals surface area contributed by atoms with Crippen LogP contribution in [0, 0.1) is 0 Å². The molecule has 3 nitrogen and oxygen atoms in total. The summed E-state index contributed by atoms with van der Waals surface area (Å²) in [5.41, 5.74) is 1.96. The Hall–Kier alpha value is -1.68. The lowest BCUT2D eigenvalue weighted by Gasteiger charge is -2.26. The van der Waals surface area contributed by atoms with Gasteiger partial charge in [-0.25, -0.2) is 0 Å². The standard InChI is InChI=1S/C13H12N2OS/c16-13(10-2-1-5-14-8-10)15-6-3-12-11(9-15)4-7-17-12/h1-2,4-5,7-8H,3,6,9H2. The Bertz CT molecular complexity index is 535. The number of aromatic nitrogens is 1. The Balaban J connectivity index is 1.81. The molecule has 0 unspecified atom stereocenters. The van der Waals surface area contributed by atoms with Crippen LogP contribution in [0.25, 0.3) is 0 Å². The minimum Gasteiger partial charge on any atom is -0.334 e. The molecule has 0 saturated carbocycles. The zero-order chi connectivity index (χ0) is 11.7. The van der Waals surface area contributed by atoms with Crippen molar-refractivity contribution in [3.05, 3.63) is 52.0 Å². The van der Waals surface area contributed by atoms with Crippen LogP contribution in [-0.2, 0) is 13.0 Å². The van der Waals surface area contributed by atoms with E-state index < -0.39 is 0 Å². The number of rotatable bonds is 1. The van der Waals surface area contributed by atoms with Crippen LogP contribution in [0.3, 0.4) is 0 Å². The predicted octanol–water partition coefficient (Wildman–Crippen LogP) is 2.34. The summed E-state index contributed by atoms with van der Waals surface area (Å²) >= 11 is 1.78. The van der Waals surface area contributed by atoms with Gasteiger partial charge in [-0.15, -0.1) is 11.3 Å². The average molecular weight is 244 g/mol. The largest absolute Gasteiger partial charge is 0.334 e. The number of pyridine rings is 1. The second kappa shape index (κ2) is 4.30. The van der Waals surface area contributed by atoms with Crippen molar-refractivity contribution in [2.24, 2.45) is 0 Å². The smallest absolute Gasteiger partial charge is 0.255 e. The van der Waals surface area contributed by atoms with E-state index in [0.717, 1.165) is 19.5 Å². The molecule has 3 rings (SSSR count). The van der Waals surface area contributed by atoms with Gasteiger partial charge >= 0.3 is 0 Å². The first-order valence-electron chi connectivity index (χ1n) is 5.59. The summed E-state index contributed by atoms with van der Waals surface area (Å²) in [5, 5.41) is 2.10. The third-order valence-electron chi connectivity index (χ3n) is 3.00. The molecule has 3 heterocycles. The third kappa shape index (κ3) is 1.96. The normalized spacial score (nSPS) is 14.5. The van der Waals surface area contributed by atoms with Gasteiger partial charge in [-0.2, -0.15) is 0 Å². The monoisotopic (exact) mass is 244 g/mol. The lowest BCUT2D eigenvalue weighted by Crippen LogP contribution is -2.35. The zero-order valence-electron chi connectivity index (χ0n) is 9.30. The molecule has 0 spiro atoms. The Labute approximate surface area is 104 Å². The van der Waals surface area contributed by atoms with E-state index in [2.05, 4.69) is 16.4 Å². The van der Waals surface area contributed by atoms with Crippen LogP contribution in [0.2, 0.25) is 0 Å². The fourth-order valence-corrected chi connectivity index (χ4v) is 2.98. The highest BCUT2D eigenvalue weighted by molar-refractivity contribution is 7.10. The van der Waals surface area contributed by atoms with E-state index in [1.54, 1.807) is 29.8 Å². The van der Waals surface area contributed by atoms with Crippen LogP contribution in [0.1, 0.15) is 20.8 Å². The van der Waals surface area contributed by atoms with Gasteiger partial charge < -0.3 is 4.90 Å². The Kier molecular flexibility index (Phi) is 2.65. The van der Waals surface area contributed by atoms with Crippen LogP contribution < -0.4 is 0 Å². The Morgan fingerprint density at radius 1 is 1.41 bits per heavy atom. The van der Waals surface area contributed by atoms with Crippen molar-refractivity contribution >= 4 is 17.2 Å². The van der Waals surface area contributed by atoms with E-state index in [-0.39, 0.29) is 5.91 Å². The molecular formula is C13H12N2OS. The maximum absolute atomic E-state index is 12.2. The van der Waals surface area contributed by atoms with Crippen LogP contribution in [0.5, 0.6) is 0 Å². The summed E-state index contributed by atoms with van der Waals surface area (Å²) in [7, 11) is 0. The van der Waals surface area contributed by atoms with Crippen molar-refractivity contribution in [1.82, 2.24) is 9.88 Å². The van der Waals surface area contributed by atoms with Crippen molar-refractivity contribution in [3.63, 3.8) is 0 Å². The molecule has 86 valence electrons. The van der Waals surface area contributed by atoms with Gasteiger partial charge in [0.2, 0.25) is 0 Å². The van der Waals surface area contributed by atoms with Crippen LogP contribution in [-0.4, -0.2) is 22.3 Å². The van der Waals surface area contributed by atoms with Crippen molar-refractivity contribution in [2.45, 2.75) is 13.0 Å². The first-order valence-corrected chi connectivity index (χ1v) is 6.47. The molecule has 0 aliphatic carbocycles. The fraction of sp³-hybridized carbons (Fsp3) is 0.231. The van der Waals surface area contributed by atoms with Gasteiger partial charge in [0.15, 0.2) is 0 Å². The summed E-state index contributed by atoms with van der Waals surface area (Å²) in [6, 6.07) is 5.73. The maximum Gasteiger partial charge on any atom is 0.255 e. The second-order valence-corrected chi connectivity index (χ2v) is 5.09. The van der Waals surface area contributed by atoms with E-state index >= 15 is 0 Å². The van der Waals surface area contributed by atoms with Gasteiger partial charge in [0.25, 0.3) is 5.91 Å². The molecule has 17 heavy (non-hydrogen) atoms. The van der Waals surface area contributed by atoms with Crippen LogP contribution in [0.15, 0.2) is 36.0 Å². The number of thiophene rings is 1. The summed E-state index contributed by atoms with van der Waals surface area (Å²) < 4.78 is 0. The van der Waals surface area contributed by atoms with Crippen molar-refractivity contribution in [3.8, 4) is 0 Å². The molecule has 0 aromatic carbocycles. The van der Waals surface area contributed by atoms with Crippen molar-refractivity contribution in [1.29, 1.82) is 0 Å². The molecule has 0 bridgehead atoms. The highest BCUT2D eigenvalue weighted by Crippen LogP contribution is 2.24. The molecule has 0 saturated heterocycles. The summed E-state index contributed by atoms with van der Waals surface area (Å²) in [6.45, 7) is 1.54. The molecule has 0 atom stereocenters. The van der Waals surface area contributed by atoms with Gasteiger partial charge in [0, 0.05) is 30.4 Å². The van der Waals surface area contributed by atoms with E-state index in [1.165, 1.54) is 10.4 Å². The molecule has 2 aromatic rings. The number of hydrogen-bond acceptors (Lipinski definition) is 3. The van der Waals surface area contributed by atoms with Crippen LogP contribution in [0.4, 0.5) is 0 Å². The first kappa shape index (κ1) is 10.5. The van der Waals surface area contributed by atoms with E-state index in [0.29, 0.717) is 5.56 Å². The Morgan fingerprint density at radius 3 is 3.18 bits per heavy atom. The molecule has 0 N–H and O–H groups in total. The second-order valence-electron chi connectivity index (χ2n) is 4.09. The van der Waals surface area contributed by atoms with Crippen LogP contribution >= 0.6 is 11.3 Å². The van der Waals surface area contributed by atoms with Crippen molar-refractivity contribution in [2.75, 3.05) is 6.54 Å². The Morgan fingerprint density at radius 2 is 2.35 bits per heavy atom. The SMILES string of the molecule is O=C(c1cccnc1)N1CCc2sccc2C1. The number of amides is 1. The summed E-state index contributed by atoms with van der Waals surface area (Å²) in [4.78, 5) is 19.5. The van der Waals surface area contributed by atoms with Gasteiger partial charge in [-0.05, 0) is 35.6 Å². The van der Waals surface area contributed by atoms with Gasteiger partial charge in [-0.3, -0.25) is 9.78 Å². The molecule has 1 amide bonds. The number of carbonyl (C=O) groups is 1. The van der Waals surface area contributed by atoms with Crippen molar-refractivity contribution < 1.29 is 4.79 Å². The number of nitrogens with zero attached hydrogens (tertiary/aromatic N) is 2. The maximum atomic E-state index is 12.2. The van der Waals surface area contributed by atoms with E-state index in [4.69, 9.17) is 0 Å². The molecule has 0 radical (unpaired) electrons. The van der Waals surface area contributed by atoms with Gasteiger partial charge in [0.1, 0.15) is 0 Å². The minimum atomic E-state index is 0.0787.